The molecule has 0 amide bonds. The molecule has 0 radical (unpaired) electrons. The summed E-state index contributed by atoms with van der Waals surface area (Å²) in [6, 6.07) is 16.6. The van der Waals surface area contributed by atoms with Crippen LogP contribution < -0.4 is 4.57 Å². The molecule has 1 saturated carbocycles. The third kappa shape index (κ3) is 2.70. The van der Waals surface area contributed by atoms with Crippen LogP contribution in [0, 0.1) is 12.8 Å². The zero-order chi connectivity index (χ0) is 23.1. The second-order valence-electron chi connectivity index (χ2n) is 11.0. The van der Waals surface area contributed by atoms with Crippen molar-refractivity contribution >= 4 is 49.1 Å². The molecule has 0 N–H and O–H groups in total. The number of fused-ring (bicyclic) bond motifs is 5. The minimum Gasteiger partial charge on any atom is -0.308 e. The van der Waals surface area contributed by atoms with Crippen molar-refractivity contribution in [3.05, 3.63) is 65.5 Å². The van der Waals surface area contributed by atoms with Gasteiger partial charge in [0.15, 0.2) is 5.52 Å². The summed E-state index contributed by atoms with van der Waals surface area (Å²) in [6.07, 6.45) is 8.68. The molecule has 0 spiro atoms. The molecule has 0 saturated heterocycles. The normalized spacial score (nSPS) is 15.4. The molecule has 0 aliphatic heterocycles. The molecular formula is C31H32N3+. The van der Waals surface area contributed by atoms with Gasteiger partial charge in [0.25, 0.3) is 6.33 Å². The number of aromatic nitrogens is 3. The molecule has 3 aromatic carbocycles. The second kappa shape index (κ2) is 7.15. The van der Waals surface area contributed by atoms with Crippen LogP contribution in [0.5, 0.6) is 0 Å². The Morgan fingerprint density at radius 3 is 2.56 bits per heavy atom. The summed E-state index contributed by atoms with van der Waals surface area (Å²) < 4.78 is 4.79. The maximum Gasteiger partial charge on any atom is 0.287 e. The van der Waals surface area contributed by atoms with Crippen molar-refractivity contribution in [1.82, 2.24) is 9.38 Å². The summed E-state index contributed by atoms with van der Waals surface area (Å²) in [4.78, 5) is 4.95. The lowest BCUT2D eigenvalue weighted by Gasteiger charge is -2.15. The molecule has 3 nitrogen and oxygen atoms in total. The summed E-state index contributed by atoms with van der Waals surface area (Å²) in [5, 5.41) is 5.34. The van der Waals surface area contributed by atoms with Crippen molar-refractivity contribution < 1.29 is 4.57 Å². The lowest BCUT2D eigenvalue weighted by Crippen LogP contribution is -2.30. The Morgan fingerprint density at radius 1 is 0.971 bits per heavy atom. The van der Waals surface area contributed by atoms with Gasteiger partial charge in [-0.3, -0.25) is 0 Å². The lowest BCUT2D eigenvalue weighted by atomic mass is 9.95. The minimum absolute atomic E-state index is 0.500. The largest absolute Gasteiger partial charge is 0.308 e. The highest BCUT2D eigenvalue weighted by Crippen LogP contribution is 2.41. The Balaban J connectivity index is 1.71. The van der Waals surface area contributed by atoms with Gasteiger partial charge in [-0.2, -0.15) is 0 Å². The molecule has 7 rings (SSSR count). The predicted molar refractivity (Wildman–Crippen MR) is 142 cm³/mol. The van der Waals surface area contributed by atoms with Gasteiger partial charge in [0.1, 0.15) is 5.52 Å². The fourth-order valence-corrected chi connectivity index (χ4v) is 6.67. The molecule has 3 heteroatoms. The van der Waals surface area contributed by atoms with E-state index in [0.717, 1.165) is 11.4 Å². The highest BCUT2D eigenvalue weighted by atomic mass is 15.0. The topological polar surface area (TPSA) is 21.2 Å². The van der Waals surface area contributed by atoms with E-state index in [-0.39, 0.29) is 0 Å². The molecule has 1 aliphatic carbocycles. The van der Waals surface area contributed by atoms with E-state index in [1.165, 1.54) is 92.4 Å². The molecule has 1 aliphatic rings. The van der Waals surface area contributed by atoms with Gasteiger partial charge in [-0.1, -0.05) is 63.8 Å². The van der Waals surface area contributed by atoms with Gasteiger partial charge in [0, 0.05) is 16.2 Å². The number of benzene rings is 3. The van der Waals surface area contributed by atoms with Crippen molar-refractivity contribution in [1.29, 1.82) is 0 Å². The van der Waals surface area contributed by atoms with E-state index in [2.05, 4.69) is 79.3 Å². The van der Waals surface area contributed by atoms with Crippen LogP contribution in [0.25, 0.3) is 49.1 Å². The molecule has 3 heterocycles. The molecule has 0 atom stereocenters. The monoisotopic (exact) mass is 446 g/mol. The Kier molecular flexibility index (Phi) is 4.25. The van der Waals surface area contributed by atoms with E-state index < -0.39 is 0 Å². The number of rotatable bonds is 3. The third-order valence-corrected chi connectivity index (χ3v) is 8.42. The summed E-state index contributed by atoms with van der Waals surface area (Å²) in [5.41, 5.74) is 10.6. The van der Waals surface area contributed by atoms with E-state index in [1.807, 2.05) is 6.33 Å². The predicted octanol–water partition coefficient (Wildman–Crippen LogP) is 7.37. The van der Waals surface area contributed by atoms with Crippen LogP contribution in [0.4, 0.5) is 0 Å². The summed E-state index contributed by atoms with van der Waals surface area (Å²) in [7, 11) is 2.14. The molecular weight excluding hydrogens is 414 g/mol. The third-order valence-electron chi connectivity index (χ3n) is 8.42. The average molecular weight is 447 g/mol. The van der Waals surface area contributed by atoms with Crippen LogP contribution >= 0.6 is 0 Å². The number of hydrogen-bond donors (Lipinski definition) is 0. The standard InChI is InChI=1S/C31H32N3/c1-18(2)22-10-12-23-24-11-9-19(3)28-30(24)34(26(23)16-22)27-15-21(13-20-7-5-6-8-20)14-25-29(27)31(28)33(4)17-32-25/h9-12,14-18,20H,5-8,13H2,1-4H3/q+1. The van der Waals surface area contributed by atoms with Gasteiger partial charge in [-0.15, -0.1) is 0 Å². The van der Waals surface area contributed by atoms with Crippen LogP contribution in [0.1, 0.15) is 62.1 Å². The van der Waals surface area contributed by atoms with Crippen molar-refractivity contribution in [2.75, 3.05) is 0 Å². The lowest BCUT2D eigenvalue weighted by molar-refractivity contribution is -0.646. The zero-order valence-electron chi connectivity index (χ0n) is 20.7. The minimum atomic E-state index is 0.500. The van der Waals surface area contributed by atoms with Gasteiger partial charge >= 0.3 is 0 Å². The summed E-state index contributed by atoms with van der Waals surface area (Å²) in [5.74, 6) is 1.32. The number of aryl methyl sites for hydroxylation is 2. The summed E-state index contributed by atoms with van der Waals surface area (Å²) >= 11 is 0. The van der Waals surface area contributed by atoms with Gasteiger partial charge in [-0.05, 0) is 65.1 Å². The number of hydrogen-bond acceptors (Lipinski definition) is 1. The average Bonchev–Trinajstić information content (AvgIpc) is 3.45. The first-order chi connectivity index (χ1) is 16.5. The first-order valence-corrected chi connectivity index (χ1v) is 12.9. The van der Waals surface area contributed by atoms with Crippen molar-refractivity contribution in [3.8, 4) is 0 Å². The van der Waals surface area contributed by atoms with Crippen molar-refractivity contribution in [3.63, 3.8) is 0 Å². The fourth-order valence-electron chi connectivity index (χ4n) is 6.67. The maximum atomic E-state index is 4.95. The van der Waals surface area contributed by atoms with Crippen LogP contribution in [0.2, 0.25) is 0 Å². The highest BCUT2D eigenvalue weighted by Gasteiger charge is 2.25. The molecule has 0 unspecified atom stereocenters. The zero-order valence-corrected chi connectivity index (χ0v) is 20.7. The molecule has 1 fully saturated rings. The Labute approximate surface area is 200 Å². The van der Waals surface area contributed by atoms with E-state index in [9.17, 15) is 0 Å². The number of nitrogens with zero attached hydrogens (tertiary/aromatic N) is 3. The van der Waals surface area contributed by atoms with Gasteiger partial charge in [0.05, 0.1) is 29.0 Å². The first kappa shape index (κ1) is 20.2. The van der Waals surface area contributed by atoms with Crippen LogP contribution in [-0.4, -0.2) is 9.38 Å². The fraction of sp³-hybridized carbons (Fsp3) is 0.355. The van der Waals surface area contributed by atoms with E-state index >= 15 is 0 Å². The molecule has 34 heavy (non-hydrogen) atoms. The Hall–Kier alpha value is -3.20. The van der Waals surface area contributed by atoms with Crippen molar-refractivity contribution in [2.24, 2.45) is 13.0 Å². The second-order valence-corrected chi connectivity index (χ2v) is 11.0. The van der Waals surface area contributed by atoms with Crippen LogP contribution in [0.15, 0.2) is 48.8 Å². The van der Waals surface area contributed by atoms with Crippen LogP contribution in [-0.2, 0) is 13.5 Å². The van der Waals surface area contributed by atoms with E-state index in [4.69, 9.17) is 4.98 Å². The quantitative estimate of drug-likeness (QED) is 0.158. The molecule has 6 aromatic rings. The summed E-state index contributed by atoms with van der Waals surface area (Å²) in [6.45, 7) is 6.83. The smallest absolute Gasteiger partial charge is 0.287 e. The van der Waals surface area contributed by atoms with Crippen molar-refractivity contribution in [2.45, 2.75) is 58.8 Å². The maximum absolute atomic E-state index is 4.95. The molecule has 3 aromatic heterocycles. The highest BCUT2D eigenvalue weighted by molar-refractivity contribution is 6.25. The molecule has 170 valence electrons. The number of pyridine rings is 1. The van der Waals surface area contributed by atoms with Gasteiger partial charge < -0.3 is 4.40 Å². The van der Waals surface area contributed by atoms with E-state index in [1.54, 1.807) is 0 Å². The van der Waals surface area contributed by atoms with Gasteiger partial charge in [0.2, 0.25) is 0 Å². The Bertz CT molecular complexity index is 1730. The van der Waals surface area contributed by atoms with Gasteiger partial charge in [-0.25, -0.2) is 4.57 Å². The SMILES string of the molecule is Cc1ccc2c3ccc(C(C)C)cc3n3c4cc(CC5CCCC5)cc5nc[n+](C)c(c1c23)c54. The van der Waals surface area contributed by atoms with Crippen LogP contribution in [0.3, 0.4) is 0 Å². The Morgan fingerprint density at radius 2 is 1.76 bits per heavy atom. The van der Waals surface area contributed by atoms with E-state index in [0.29, 0.717) is 5.92 Å². The first-order valence-electron chi connectivity index (χ1n) is 12.9. The molecule has 0 bridgehead atoms.